The number of carbonyl (C=O) groups is 1. The third-order valence-electron chi connectivity index (χ3n) is 4.84. The molecule has 27 heavy (non-hydrogen) atoms. The molecular formula is C19H31N3O4S. The van der Waals surface area contributed by atoms with Gasteiger partial charge in [-0.2, -0.15) is 4.31 Å². The first kappa shape index (κ1) is 21.7. The highest BCUT2D eigenvalue weighted by molar-refractivity contribution is 7.88. The molecule has 8 heteroatoms. The van der Waals surface area contributed by atoms with Gasteiger partial charge in [0.1, 0.15) is 0 Å². The van der Waals surface area contributed by atoms with Crippen LogP contribution in [0.5, 0.6) is 0 Å². The second-order valence-corrected chi connectivity index (χ2v) is 9.19. The van der Waals surface area contributed by atoms with Gasteiger partial charge in [0.15, 0.2) is 0 Å². The van der Waals surface area contributed by atoms with Gasteiger partial charge < -0.3 is 15.0 Å². The molecule has 1 N–H and O–H groups in total. The van der Waals surface area contributed by atoms with Gasteiger partial charge in [-0.1, -0.05) is 6.92 Å². The number of ether oxygens (including phenoxy) is 1. The van der Waals surface area contributed by atoms with Crippen LogP contribution >= 0.6 is 0 Å². The molecule has 0 saturated carbocycles. The number of hydrogen-bond donors (Lipinski definition) is 1. The SMILES string of the molecule is COCCCN(CC(=O)Nc1ccc(N2CCC(C)CC2)cc1)S(C)(=O)=O. The number of anilines is 2. The van der Waals surface area contributed by atoms with Crippen molar-refractivity contribution in [2.45, 2.75) is 26.2 Å². The van der Waals surface area contributed by atoms with Crippen LogP contribution in [0.4, 0.5) is 11.4 Å². The molecular weight excluding hydrogens is 366 g/mol. The molecule has 1 aliphatic rings. The molecule has 1 fully saturated rings. The highest BCUT2D eigenvalue weighted by Crippen LogP contribution is 2.24. The van der Waals surface area contributed by atoms with E-state index in [4.69, 9.17) is 4.74 Å². The van der Waals surface area contributed by atoms with Crippen molar-refractivity contribution in [1.82, 2.24) is 4.31 Å². The number of rotatable bonds is 9. The van der Waals surface area contributed by atoms with Crippen LogP contribution < -0.4 is 10.2 Å². The van der Waals surface area contributed by atoms with E-state index in [9.17, 15) is 13.2 Å². The molecule has 0 bridgehead atoms. The Balaban J connectivity index is 1.90. The summed E-state index contributed by atoms with van der Waals surface area (Å²) in [6.07, 6.45) is 4.05. The lowest BCUT2D eigenvalue weighted by atomic mass is 9.99. The maximum atomic E-state index is 12.3. The molecule has 1 amide bonds. The topological polar surface area (TPSA) is 79.0 Å². The van der Waals surface area contributed by atoms with Gasteiger partial charge in [-0.25, -0.2) is 8.42 Å². The molecule has 2 rings (SSSR count). The van der Waals surface area contributed by atoms with Crippen LogP contribution in [0.25, 0.3) is 0 Å². The minimum absolute atomic E-state index is 0.200. The van der Waals surface area contributed by atoms with Crippen molar-refractivity contribution in [2.24, 2.45) is 5.92 Å². The summed E-state index contributed by atoms with van der Waals surface area (Å²) in [5.41, 5.74) is 1.82. The molecule has 7 nitrogen and oxygen atoms in total. The van der Waals surface area contributed by atoms with E-state index in [0.717, 1.165) is 31.0 Å². The average molecular weight is 398 g/mol. The number of piperidine rings is 1. The third kappa shape index (κ3) is 7.12. The molecule has 0 unspecified atom stereocenters. The van der Waals surface area contributed by atoms with Crippen molar-refractivity contribution >= 4 is 27.3 Å². The molecule has 0 aromatic heterocycles. The summed E-state index contributed by atoms with van der Waals surface area (Å²) in [5.74, 6) is 0.430. The molecule has 1 saturated heterocycles. The van der Waals surface area contributed by atoms with Crippen molar-refractivity contribution in [2.75, 3.05) is 56.4 Å². The molecule has 0 spiro atoms. The number of nitrogens with zero attached hydrogens (tertiary/aromatic N) is 2. The summed E-state index contributed by atoms with van der Waals surface area (Å²) in [7, 11) is -1.89. The van der Waals surface area contributed by atoms with Gasteiger partial charge in [-0.15, -0.1) is 0 Å². The summed E-state index contributed by atoms with van der Waals surface area (Å²) in [6.45, 7) is 4.89. The maximum Gasteiger partial charge on any atom is 0.239 e. The van der Waals surface area contributed by atoms with Crippen molar-refractivity contribution in [3.05, 3.63) is 24.3 Å². The van der Waals surface area contributed by atoms with E-state index in [2.05, 4.69) is 17.1 Å². The Morgan fingerprint density at radius 3 is 2.44 bits per heavy atom. The number of amides is 1. The van der Waals surface area contributed by atoms with E-state index in [1.165, 1.54) is 17.1 Å². The summed E-state index contributed by atoms with van der Waals surface area (Å²) in [5, 5.41) is 2.78. The highest BCUT2D eigenvalue weighted by atomic mass is 32.2. The van der Waals surface area contributed by atoms with E-state index < -0.39 is 10.0 Å². The first-order valence-corrected chi connectivity index (χ1v) is 11.2. The fraction of sp³-hybridized carbons (Fsp3) is 0.632. The average Bonchev–Trinajstić information content (AvgIpc) is 2.61. The highest BCUT2D eigenvalue weighted by Gasteiger charge is 2.20. The van der Waals surface area contributed by atoms with E-state index in [1.54, 1.807) is 7.11 Å². The van der Waals surface area contributed by atoms with Crippen molar-refractivity contribution in [3.8, 4) is 0 Å². The first-order valence-electron chi connectivity index (χ1n) is 9.38. The van der Waals surface area contributed by atoms with Crippen LogP contribution in [0.1, 0.15) is 26.2 Å². The molecule has 0 atom stereocenters. The summed E-state index contributed by atoms with van der Waals surface area (Å²) >= 11 is 0. The number of nitrogens with one attached hydrogen (secondary N) is 1. The van der Waals surface area contributed by atoms with Gasteiger partial charge in [0, 0.05) is 44.7 Å². The van der Waals surface area contributed by atoms with Gasteiger partial charge in [-0.05, 0) is 49.4 Å². The number of carbonyl (C=O) groups excluding carboxylic acids is 1. The minimum atomic E-state index is -3.45. The van der Waals surface area contributed by atoms with Crippen LogP contribution in [0.2, 0.25) is 0 Å². The lowest BCUT2D eigenvalue weighted by molar-refractivity contribution is -0.116. The number of methoxy groups -OCH3 is 1. The van der Waals surface area contributed by atoms with E-state index in [0.29, 0.717) is 18.7 Å². The van der Waals surface area contributed by atoms with E-state index in [-0.39, 0.29) is 19.0 Å². The molecule has 1 aromatic rings. The maximum absolute atomic E-state index is 12.3. The van der Waals surface area contributed by atoms with Crippen LogP contribution in [-0.4, -0.2) is 64.8 Å². The Bertz CT molecular complexity index is 698. The normalized spacial score (nSPS) is 15.9. The number of hydrogen-bond acceptors (Lipinski definition) is 5. The fourth-order valence-corrected chi connectivity index (χ4v) is 3.94. The lowest BCUT2D eigenvalue weighted by Gasteiger charge is -2.32. The first-order chi connectivity index (χ1) is 12.8. The van der Waals surface area contributed by atoms with Crippen molar-refractivity contribution in [3.63, 3.8) is 0 Å². The largest absolute Gasteiger partial charge is 0.385 e. The molecule has 1 aliphatic heterocycles. The van der Waals surface area contributed by atoms with Gasteiger partial charge in [0.2, 0.25) is 15.9 Å². The Kier molecular flexibility index (Phi) is 8.07. The second kappa shape index (κ2) is 10.1. The van der Waals surface area contributed by atoms with Gasteiger partial charge in [0.25, 0.3) is 0 Å². The van der Waals surface area contributed by atoms with E-state index in [1.807, 2.05) is 24.3 Å². The van der Waals surface area contributed by atoms with Gasteiger partial charge >= 0.3 is 0 Å². The Labute approximate surface area is 162 Å². The quantitative estimate of drug-likeness (QED) is 0.646. The number of sulfonamides is 1. The summed E-state index contributed by atoms with van der Waals surface area (Å²) < 4.78 is 29.8. The van der Waals surface area contributed by atoms with Crippen LogP contribution in [0, 0.1) is 5.92 Å². The van der Waals surface area contributed by atoms with Crippen LogP contribution in [-0.2, 0) is 19.6 Å². The predicted octanol–water partition coefficient (Wildman–Crippen LogP) is 2.16. The van der Waals surface area contributed by atoms with Crippen LogP contribution in [0.3, 0.4) is 0 Å². The zero-order valence-electron chi connectivity index (χ0n) is 16.5. The zero-order valence-corrected chi connectivity index (χ0v) is 17.3. The molecule has 152 valence electrons. The van der Waals surface area contributed by atoms with Crippen LogP contribution in [0.15, 0.2) is 24.3 Å². The lowest BCUT2D eigenvalue weighted by Crippen LogP contribution is -2.38. The standard InChI is InChI=1S/C19H31N3O4S/c1-16-9-12-21(13-10-16)18-7-5-17(6-8-18)20-19(23)15-22(27(3,24)25)11-4-14-26-2/h5-8,16H,4,9-15H2,1-3H3,(H,20,23). The number of benzene rings is 1. The monoisotopic (exact) mass is 397 g/mol. The Morgan fingerprint density at radius 1 is 1.26 bits per heavy atom. The molecule has 0 radical (unpaired) electrons. The molecule has 1 heterocycles. The van der Waals surface area contributed by atoms with Gasteiger partial charge in [0.05, 0.1) is 12.8 Å². The third-order valence-corrected chi connectivity index (χ3v) is 6.09. The van der Waals surface area contributed by atoms with Crippen molar-refractivity contribution in [1.29, 1.82) is 0 Å². The fourth-order valence-electron chi connectivity index (χ4n) is 3.13. The minimum Gasteiger partial charge on any atom is -0.385 e. The summed E-state index contributed by atoms with van der Waals surface area (Å²) in [4.78, 5) is 14.6. The Morgan fingerprint density at radius 2 is 1.89 bits per heavy atom. The second-order valence-electron chi connectivity index (χ2n) is 7.21. The molecule has 0 aliphatic carbocycles. The van der Waals surface area contributed by atoms with Gasteiger partial charge in [-0.3, -0.25) is 4.79 Å². The summed E-state index contributed by atoms with van der Waals surface area (Å²) in [6, 6.07) is 7.72. The zero-order chi connectivity index (χ0) is 19.9. The smallest absolute Gasteiger partial charge is 0.239 e. The van der Waals surface area contributed by atoms with E-state index >= 15 is 0 Å². The predicted molar refractivity (Wildman–Crippen MR) is 109 cm³/mol. The molecule has 1 aromatic carbocycles. The van der Waals surface area contributed by atoms with Crippen molar-refractivity contribution < 1.29 is 17.9 Å². The Hall–Kier alpha value is -1.64.